The molecule has 1 unspecified atom stereocenters. The molecule has 2 rings (SSSR count). The van der Waals surface area contributed by atoms with Crippen LogP contribution in [0.5, 0.6) is 0 Å². The molecule has 1 aliphatic rings. The highest BCUT2D eigenvalue weighted by Crippen LogP contribution is 2.03. The topological polar surface area (TPSA) is 58.2 Å². The van der Waals surface area contributed by atoms with Crippen LogP contribution in [0.1, 0.15) is 18.4 Å². The number of hydrogen-bond donors (Lipinski definition) is 2. The van der Waals surface area contributed by atoms with E-state index in [1.165, 1.54) is 0 Å². The van der Waals surface area contributed by atoms with Gasteiger partial charge in [0.15, 0.2) is 0 Å². The molecule has 1 saturated heterocycles. The third-order valence-corrected chi connectivity index (χ3v) is 2.68. The summed E-state index contributed by atoms with van der Waals surface area (Å²) in [6.07, 6.45) is 0.924. The number of nitrogens with one attached hydrogen (secondary N) is 2. The monoisotopic (exact) mass is 242 g/mol. The lowest BCUT2D eigenvalue weighted by atomic mass is 10.1. The van der Waals surface area contributed by atoms with E-state index < -0.39 is 0 Å². The van der Waals surface area contributed by atoms with Crippen molar-refractivity contribution in [3.05, 3.63) is 35.9 Å². The van der Waals surface area contributed by atoms with Crippen LogP contribution in [0.3, 0.4) is 0 Å². The van der Waals surface area contributed by atoms with Gasteiger partial charge in [-0.2, -0.15) is 0 Å². The summed E-state index contributed by atoms with van der Waals surface area (Å²) < 4.78 is 0. The maximum atomic E-state index is 11.4. The lowest BCUT2D eigenvalue weighted by Crippen LogP contribution is -2.50. The number of piperidine rings is 1. The van der Waals surface area contributed by atoms with Gasteiger partial charge < -0.3 is 0 Å². The van der Waals surface area contributed by atoms with Gasteiger partial charge in [0.2, 0.25) is 11.8 Å². The molecule has 0 radical (unpaired) electrons. The highest BCUT2D eigenvalue weighted by atomic mass is 16.2. The number of carbonyl (C=O) groups excluding carboxylic acids is 2. The smallest absolute Gasteiger partial charge is 0.243 e. The first-order valence-corrected chi connectivity index (χ1v) is 5.87. The van der Waals surface area contributed by atoms with Crippen LogP contribution >= 0.6 is 0 Å². The molecule has 1 fully saturated rings. The number of hydrogen-bond acceptors (Lipinski definition) is 3. The van der Waals surface area contributed by atoms with E-state index in [1.807, 2.05) is 30.3 Å². The molecule has 18 heavy (non-hydrogen) atoms. The van der Waals surface area contributed by atoms with Crippen LogP contribution in [0.15, 0.2) is 30.3 Å². The van der Waals surface area contributed by atoms with Crippen molar-refractivity contribution in [2.24, 2.45) is 0 Å². The minimum atomic E-state index is -0.312. The fraction of sp³-hybridized carbons (Fsp3) is 0.286. The van der Waals surface area contributed by atoms with Gasteiger partial charge >= 0.3 is 0 Å². The van der Waals surface area contributed by atoms with Crippen molar-refractivity contribution >= 4 is 11.8 Å². The van der Waals surface area contributed by atoms with E-state index in [-0.39, 0.29) is 17.9 Å². The van der Waals surface area contributed by atoms with Crippen molar-refractivity contribution in [3.63, 3.8) is 0 Å². The lowest BCUT2D eigenvalue weighted by Gasteiger charge is -2.20. The Balaban J connectivity index is 1.81. The Labute approximate surface area is 106 Å². The molecule has 92 valence electrons. The SMILES string of the molecule is O=C1CCC(NCC#Cc2ccccc2)C(=O)N1. The molecule has 4 heteroatoms. The zero-order valence-corrected chi connectivity index (χ0v) is 9.90. The first-order valence-electron chi connectivity index (χ1n) is 5.87. The van der Waals surface area contributed by atoms with Crippen LogP contribution < -0.4 is 10.6 Å². The van der Waals surface area contributed by atoms with E-state index in [0.29, 0.717) is 19.4 Å². The molecule has 1 aromatic carbocycles. The summed E-state index contributed by atoms with van der Waals surface area (Å²) in [5.41, 5.74) is 0.947. The molecular formula is C14H14N2O2. The van der Waals surface area contributed by atoms with E-state index in [9.17, 15) is 9.59 Å². The standard InChI is InChI=1S/C14H14N2O2/c17-13-9-8-12(14(18)16-13)15-10-4-7-11-5-2-1-3-6-11/h1-3,5-6,12,15H,8-10H2,(H,16,17,18). The molecule has 4 nitrogen and oxygen atoms in total. The number of imide groups is 1. The second kappa shape index (κ2) is 5.99. The van der Waals surface area contributed by atoms with Gasteiger partial charge in [-0.1, -0.05) is 30.0 Å². The summed E-state index contributed by atoms with van der Waals surface area (Å²) in [4.78, 5) is 22.4. The Kier molecular flexibility index (Phi) is 4.11. The molecule has 0 saturated carbocycles. The number of amides is 2. The molecule has 1 heterocycles. The van der Waals surface area contributed by atoms with Crippen molar-refractivity contribution in [2.75, 3.05) is 6.54 Å². The number of rotatable bonds is 2. The molecule has 2 amide bonds. The Morgan fingerprint density at radius 2 is 2.06 bits per heavy atom. The summed E-state index contributed by atoms with van der Waals surface area (Å²) in [6, 6.07) is 9.34. The number of carbonyl (C=O) groups is 2. The maximum Gasteiger partial charge on any atom is 0.243 e. The highest BCUT2D eigenvalue weighted by molar-refractivity contribution is 6.00. The summed E-state index contributed by atoms with van der Waals surface area (Å²) in [5, 5.41) is 5.32. The van der Waals surface area contributed by atoms with Crippen molar-refractivity contribution in [2.45, 2.75) is 18.9 Å². The van der Waals surface area contributed by atoms with E-state index >= 15 is 0 Å². The van der Waals surface area contributed by atoms with Gasteiger partial charge in [0.25, 0.3) is 0 Å². The van der Waals surface area contributed by atoms with E-state index in [0.717, 1.165) is 5.56 Å². The first kappa shape index (κ1) is 12.3. The molecule has 0 bridgehead atoms. The summed E-state index contributed by atoms with van der Waals surface area (Å²) in [7, 11) is 0. The average Bonchev–Trinajstić information content (AvgIpc) is 2.38. The van der Waals surface area contributed by atoms with Crippen molar-refractivity contribution < 1.29 is 9.59 Å². The molecule has 0 aromatic heterocycles. The third kappa shape index (κ3) is 3.44. The predicted octanol–water partition coefficient (Wildman–Crippen LogP) is 0.433. The van der Waals surface area contributed by atoms with Crippen LogP contribution in [-0.2, 0) is 9.59 Å². The van der Waals surface area contributed by atoms with E-state index in [4.69, 9.17) is 0 Å². The zero-order chi connectivity index (χ0) is 12.8. The van der Waals surface area contributed by atoms with Crippen molar-refractivity contribution in [1.82, 2.24) is 10.6 Å². The fourth-order valence-corrected chi connectivity index (χ4v) is 1.73. The normalized spacial score (nSPS) is 18.8. The molecule has 1 aliphatic heterocycles. The highest BCUT2D eigenvalue weighted by Gasteiger charge is 2.25. The third-order valence-electron chi connectivity index (χ3n) is 2.68. The van der Waals surface area contributed by atoms with Gasteiger partial charge in [0.05, 0.1) is 12.6 Å². The Hall–Kier alpha value is -2.12. The molecule has 0 aliphatic carbocycles. The molecule has 1 atom stereocenters. The Morgan fingerprint density at radius 1 is 1.28 bits per heavy atom. The number of benzene rings is 1. The van der Waals surface area contributed by atoms with Gasteiger partial charge in [-0.15, -0.1) is 0 Å². The fourth-order valence-electron chi connectivity index (χ4n) is 1.73. The minimum Gasteiger partial charge on any atom is -0.295 e. The van der Waals surface area contributed by atoms with E-state index in [2.05, 4.69) is 22.5 Å². The first-order chi connectivity index (χ1) is 8.75. The van der Waals surface area contributed by atoms with Crippen LogP contribution in [-0.4, -0.2) is 24.4 Å². The Morgan fingerprint density at radius 3 is 2.78 bits per heavy atom. The Bertz CT molecular complexity index is 500. The lowest BCUT2D eigenvalue weighted by molar-refractivity contribution is -0.134. The molecule has 2 N–H and O–H groups in total. The average molecular weight is 242 g/mol. The summed E-state index contributed by atoms with van der Waals surface area (Å²) in [6.45, 7) is 0.432. The second-order valence-corrected chi connectivity index (χ2v) is 4.05. The van der Waals surface area contributed by atoms with Gasteiger partial charge in [-0.05, 0) is 18.6 Å². The maximum absolute atomic E-state index is 11.4. The summed E-state index contributed by atoms with van der Waals surface area (Å²) in [5.74, 6) is 5.49. The summed E-state index contributed by atoms with van der Waals surface area (Å²) >= 11 is 0. The van der Waals surface area contributed by atoms with Crippen LogP contribution in [0.25, 0.3) is 0 Å². The van der Waals surface area contributed by atoms with Gasteiger partial charge in [0, 0.05) is 12.0 Å². The van der Waals surface area contributed by atoms with Gasteiger partial charge in [-0.3, -0.25) is 20.2 Å². The van der Waals surface area contributed by atoms with Crippen LogP contribution in [0, 0.1) is 11.8 Å². The second-order valence-electron chi connectivity index (χ2n) is 4.05. The molecular weight excluding hydrogens is 228 g/mol. The minimum absolute atomic E-state index is 0.201. The van der Waals surface area contributed by atoms with Crippen LogP contribution in [0.4, 0.5) is 0 Å². The molecule has 0 spiro atoms. The molecule has 1 aromatic rings. The van der Waals surface area contributed by atoms with Crippen LogP contribution in [0.2, 0.25) is 0 Å². The van der Waals surface area contributed by atoms with Gasteiger partial charge in [0.1, 0.15) is 0 Å². The van der Waals surface area contributed by atoms with E-state index in [1.54, 1.807) is 0 Å². The predicted molar refractivity (Wildman–Crippen MR) is 67.5 cm³/mol. The van der Waals surface area contributed by atoms with Crippen molar-refractivity contribution in [1.29, 1.82) is 0 Å². The zero-order valence-electron chi connectivity index (χ0n) is 9.90. The quantitative estimate of drug-likeness (QED) is 0.584. The largest absolute Gasteiger partial charge is 0.295 e. The van der Waals surface area contributed by atoms with Gasteiger partial charge in [-0.25, -0.2) is 0 Å². The van der Waals surface area contributed by atoms with Crippen molar-refractivity contribution in [3.8, 4) is 11.8 Å².